The molecule has 0 bridgehead atoms. The standard InChI is InChI=1S/C12H27N.Zr/c1-2-3-4-5-6-7-8-9-10-11-12-13;/h2-13H2,1H3;. The van der Waals surface area contributed by atoms with Crippen molar-refractivity contribution >= 4 is 0 Å². The van der Waals surface area contributed by atoms with Gasteiger partial charge in [0.1, 0.15) is 0 Å². The molecule has 0 spiro atoms. The third kappa shape index (κ3) is 15.3. The Bertz CT molecular complexity index is 76.4. The zero-order valence-corrected chi connectivity index (χ0v) is 12.3. The van der Waals surface area contributed by atoms with Crippen molar-refractivity contribution in [2.24, 2.45) is 5.73 Å². The summed E-state index contributed by atoms with van der Waals surface area (Å²) in [4.78, 5) is 0. The van der Waals surface area contributed by atoms with Gasteiger partial charge in [0.15, 0.2) is 0 Å². The molecule has 0 aromatic carbocycles. The van der Waals surface area contributed by atoms with Crippen LogP contribution in [0.2, 0.25) is 0 Å². The Morgan fingerprint density at radius 3 is 1.36 bits per heavy atom. The van der Waals surface area contributed by atoms with Crippen LogP contribution in [0.5, 0.6) is 0 Å². The number of rotatable bonds is 10. The zero-order valence-electron chi connectivity index (χ0n) is 9.86. The van der Waals surface area contributed by atoms with E-state index in [0.29, 0.717) is 0 Å². The first kappa shape index (κ1) is 17.2. The van der Waals surface area contributed by atoms with Gasteiger partial charge in [0.2, 0.25) is 0 Å². The minimum Gasteiger partial charge on any atom is -0.330 e. The second kappa shape index (κ2) is 16.3. The maximum absolute atomic E-state index is 5.42. The minimum atomic E-state index is 0. The fraction of sp³-hybridized carbons (Fsp3) is 1.00. The van der Waals surface area contributed by atoms with E-state index in [1.807, 2.05) is 0 Å². The van der Waals surface area contributed by atoms with Gasteiger partial charge >= 0.3 is 0 Å². The van der Waals surface area contributed by atoms with E-state index < -0.39 is 0 Å². The summed E-state index contributed by atoms with van der Waals surface area (Å²) in [5.74, 6) is 0. The zero-order chi connectivity index (χ0) is 9.78. The van der Waals surface area contributed by atoms with Crippen molar-refractivity contribution in [3.05, 3.63) is 0 Å². The van der Waals surface area contributed by atoms with Crippen molar-refractivity contribution in [1.82, 2.24) is 0 Å². The first-order chi connectivity index (χ1) is 6.41. The van der Waals surface area contributed by atoms with Crippen molar-refractivity contribution in [2.75, 3.05) is 6.54 Å². The molecule has 0 aromatic heterocycles. The van der Waals surface area contributed by atoms with E-state index in [-0.39, 0.29) is 26.2 Å². The monoisotopic (exact) mass is 275 g/mol. The van der Waals surface area contributed by atoms with Crippen molar-refractivity contribution in [3.8, 4) is 0 Å². The summed E-state index contributed by atoms with van der Waals surface area (Å²) < 4.78 is 0. The van der Waals surface area contributed by atoms with Crippen LogP contribution in [0.1, 0.15) is 71.1 Å². The molecule has 2 heteroatoms. The van der Waals surface area contributed by atoms with Gasteiger partial charge in [-0.05, 0) is 13.0 Å². The fourth-order valence-corrected chi connectivity index (χ4v) is 1.63. The van der Waals surface area contributed by atoms with E-state index in [1.54, 1.807) is 0 Å². The van der Waals surface area contributed by atoms with Crippen LogP contribution in [0.25, 0.3) is 0 Å². The van der Waals surface area contributed by atoms with Crippen molar-refractivity contribution in [3.63, 3.8) is 0 Å². The van der Waals surface area contributed by atoms with E-state index in [4.69, 9.17) is 5.73 Å². The molecule has 0 fully saturated rings. The van der Waals surface area contributed by atoms with Gasteiger partial charge in [-0.3, -0.25) is 0 Å². The number of hydrogen-bond donors (Lipinski definition) is 1. The summed E-state index contributed by atoms with van der Waals surface area (Å²) in [7, 11) is 0. The predicted octanol–water partition coefficient (Wildman–Crippen LogP) is 3.86. The van der Waals surface area contributed by atoms with Gasteiger partial charge in [-0.1, -0.05) is 64.7 Å². The summed E-state index contributed by atoms with van der Waals surface area (Å²) in [6.07, 6.45) is 13.9. The Morgan fingerprint density at radius 2 is 1.00 bits per heavy atom. The second-order valence-electron chi connectivity index (χ2n) is 3.97. The van der Waals surface area contributed by atoms with Crippen LogP contribution in [-0.4, -0.2) is 6.54 Å². The Morgan fingerprint density at radius 1 is 0.643 bits per heavy atom. The first-order valence-corrected chi connectivity index (χ1v) is 6.12. The Hall–Kier alpha value is 0.843. The maximum Gasteiger partial charge on any atom is 0 e. The molecule has 0 aliphatic heterocycles. The van der Waals surface area contributed by atoms with Gasteiger partial charge in [0.05, 0.1) is 0 Å². The van der Waals surface area contributed by atoms with Crippen LogP contribution in [0.3, 0.4) is 0 Å². The van der Waals surface area contributed by atoms with Gasteiger partial charge < -0.3 is 5.73 Å². The van der Waals surface area contributed by atoms with E-state index in [0.717, 1.165) is 6.54 Å². The van der Waals surface area contributed by atoms with Gasteiger partial charge in [-0.2, -0.15) is 0 Å². The second-order valence-corrected chi connectivity index (χ2v) is 3.97. The van der Waals surface area contributed by atoms with Gasteiger partial charge in [0, 0.05) is 26.2 Å². The van der Waals surface area contributed by atoms with Crippen LogP contribution < -0.4 is 5.73 Å². The SMILES string of the molecule is CCCCCCCCCCCCN.[Zr]. The normalized spacial score (nSPS) is 9.86. The molecule has 84 valence electrons. The third-order valence-electron chi connectivity index (χ3n) is 2.56. The Balaban J connectivity index is 0. The molecular weight excluding hydrogens is 249 g/mol. The van der Waals surface area contributed by atoms with Crippen LogP contribution in [-0.2, 0) is 26.2 Å². The molecule has 0 radical (unpaired) electrons. The first-order valence-electron chi connectivity index (χ1n) is 6.12. The summed E-state index contributed by atoms with van der Waals surface area (Å²) >= 11 is 0. The van der Waals surface area contributed by atoms with Crippen molar-refractivity contribution < 1.29 is 26.2 Å². The summed E-state index contributed by atoms with van der Waals surface area (Å²) in [5.41, 5.74) is 5.42. The van der Waals surface area contributed by atoms with Crippen molar-refractivity contribution in [2.45, 2.75) is 71.1 Å². The molecule has 14 heavy (non-hydrogen) atoms. The molecular formula is C12H27NZr. The number of hydrogen-bond acceptors (Lipinski definition) is 1. The predicted molar refractivity (Wildman–Crippen MR) is 60.9 cm³/mol. The molecule has 0 amide bonds. The Labute approximate surface area is 109 Å². The topological polar surface area (TPSA) is 26.0 Å². The third-order valence-corrected chi connectivity index (χ3v) is 2.56. The maximum atomic E-state index is 5.42. The average Bonchev–Trinajstić information content (AvgIpc) is 2.16. The van der Waals surface area contributed by atoms with E-state index in [2.05, 4.69) is 6.92 Å². The summed E-state index contributed by atoms with van der Waals surface area (Å²) in [6.45, 7) is 3.14. The molecule has 0 atom stereocenters. The van der Waals surface area contributed by atoms with E-state index >= 15 is 0 Å². The number of unbranched alkanes of at least 4 members (excludes halogenated alkanes) is 9. The van der Waals surface area contributed by atoms with E-state index in [1.165, 1.54) is 64.2 Å². The molecule has 0 unspecified atom stereocenters. The fourth-order valence-electron chi connectivity index (χ4n) is 1.63. The molecule has 2 N–H and O–H groups in total. The van der Waals surface area contributed by atoms with Crippen LogP contribution in [0.4, 0.5) is 0 Å². The van der Waals surface area contributed by atoms with Crippen molar-refractivity contribution in [1.29, 1.82) is 0 Å². The molecule has 0 rings (SSSR count). The number of nitrogens with two attached hydrogens (primary N) is 1. The van der Waals surface area contributed by atoms with Crippen LogP contribution >= 0.6 is 0 Å². The minimum absolute atomic E-state index is 0. The average molecular weight is 277 g/mol. The van der Waals surface area contributed by atoms with Crippen LogP contribution in [0.15, 0.2) is 0 Å². The summed E-state index contributed by atoms with van der Waals surface area (Å²) in [5, 5.41) is 0. The smallest absolute Gasteiger partial charge is 0 e. The largest absolute Gasteiger partial charge is 0.330 e. The quantitative estimate of drug-likeness (QED) is 0.602. The molecule has 0 saturated heterocycles. The van der Waals surface area contributed by atoms with E-state index in [9.17, 15) is 0 Å². The van der Waals surface area contributed by atoms with Gasteiger partial charge in [-0.15, -0.1) is 0 Å². The van der Waals surface area contributed by atoms with Crippen LogP contribution in [0, 0.1) is 0 Å². The molecule has 0 saturated carbocycles. The molecule has 1 nitrogen and oxygen atoms in total. The molecule has 0 aliphatic rings. The molecule has 0 aliphatic carbocycles. The van der Waals surface area contributed by atoms with Gasteiger partial charge in [-0.25, -0.2) is 0 Å². The van der Waals surface area contributed by atoms with Gasteiger partial charge in [0.25, 0.3) is 0 Å². The Kier molecular flexibility index (Phi) is 20.1. The summed E-state index contributed by atoms with van der Waals surface area (Å²) in [6, 6.07) is 0. The molecule has 0 aromatic rings. The molecule has 0 heterocycles.